The Morgan fingerprint density at radius 2 is 1.45 bits per heavy atom. The largest absolute Gasteiger partial charge is 0.350 e. The number of hydrogen-bond donors (Lipinski definition) is 0. The van der Waals surface area contributed by atoms with Crippen LogP contribution >= 0.6 is 8.60 Å². The summed E-state index contributed by atoms with van der Waals surface area (Å²) in [5.74, 6) is 0. The van der Waals surface area contributed by atoms with Crippen LogP contribution in [-0.2, 0) is 23.1 Å². The quantitative estimate of drug-likeness (QED) is 0.798. The van der Waals surface area contributed by atoms with Crippen LogP contribution < -0.4 is 0 Å². The van der Waals surface area contributed by atoms with Crippen LogP contribution in [0.2, 0.25) is 0 Å². The van der Waals surface area contributed by atoms with Crippen LogP contribution in [0.4, 0.5) is 0 Å². The lowest BCUT2D eigenvalue weighted by molar-refractivity contribution is 0.00578. The number of aryl methyl sites for hydroxylation is 1. The number of benzene rings is 1. The summed E-state index contributed by atoms with van der Waals surface area (Å²) in [4.78, 5) is 0.0975. The zero-order valence-corrected chi connectivity index (χ0v) is 13.9. The Morgan fingerprint density at radius 3 is 1.90 bits per heavy atom. The van der Waals surface area contributed by atoms with Gasteiger partial charge in [0.2, 0.25) is 0 Å². The first-order chi connectivity index (χ1) is 9.03. The SMILES string of the molecule is Cc1ccc(S(=O)(=O)OP2OC(C)(C)C(C)(C)O2)cc1. The molecular formula is C13H19O5PS. The second-order valence-corrected chi connectivity index (χ2v) is 8.56. The second kappa shape index (κ2) is 5.04. The Hall–Kier alpha value is -0.520. The van der Waals surface area contributed by atoms with Gasteiger partial charge in [-0.25, -0.2) is 0 Å². The van der Waals surface area contributed by atoms with Crippen LogP contribution in [-0.4, -0.2) is 19.6 Å². The molecular weight excluding hydrogens is 299 g/mol. The van der Waals surface area contributed by atoms with Crippen molar-refractivity contribution in [3.05, 3.63) is 29.8 Å². The number of rotatable bonds is 3. The van der Waals surface area contributed by atoms with E-state index in [2.05, 4.69) is 0 Å². The van der Waals surface area contributed by atoms with E-state index in [9.17, 15) is 8.42 Å². The minimum Gasteiger partial charge on any atom is -0.302 e. The van der Waals surface area contributed by atoms with Gasteiger partial charge in [0.25, 0.3) is 0 Å². The highest BCUT2D eigenvalue weighted by atomic mass is 32.2. The minimum absolute atomic E-state index is 0.0975. The standard InChI is InChI=1S/C13H19O5PS/c1-10-6-8-11(9-7-10)20(14,15)18-19-16-12(2,3)13(4,5)17-19/h6-9H,1-5H3. The maximum Gasteiger partial charge on any atom is 0.350 e. The van der Waals surface area contributed by atoms with E-state index < -0.39 is 29.9 Å². The minimum atomic E-state index is -3.88. The summed E-state index contributed by atoms with van der Waals surface area (Å²) in [5, 5.41) is 0. The average Bonchev–Trinajstić information content (AvgIpc) is 2.46. The molecule has 1 aliphatic heterocycles. The Kier molecular flexibility index (Phi) is 4.00. The third kappa shape index (κ3) is 3.05. The van der Waals surface area contributed by atoms with Crippen molar-refractivity contribution in [1.82, 2.24) is 0 Å². The molecule has 1 aromatic carbocycles. The topological polar surface area (TPSA) is 61.8 Å². The van der Waals surface area contributed by atoms with E-state index in [1.807, 2.05) is 34.6 Å². The highest BCUT2D eigenvalue weighted by Crippen LogP contribution is 2.59. The number of hydrogen-bond acceptors (Lipinski definition) is 5. The molecule has 1 heterocycles. The van der Waals surface area contributed by atoms with Crippen LogP contribution in [0.25, 0.3) is 0 Å². The monoisotopic (exact) mass is 318 g/mol. The van der Waals surface area contributed by atoms with Crippen molar-refractivity contribution in [2.45, 2.75) is 50.7 Å². The molecule has 0 aliphatic carbocycles. The first-order valence-corrected chi connectivity index (χ1v) is 8.74. The van der Waals surface area contributed by atoms with Gasteiger partial charge in [-0.05, 0) is 46.8 Å². The lowest BCUT2D eigenvalue weighted by Crippen LogP contribution is -2.41. The maximum atomic E-state index is 12.2. The van der Waals surface area contributed by atoms with Crippen molar-refractivity contribution in [2.24, 2.45) is 0 Å². The zero-order valence-electron chi connectivity index (χ0n) is 12.2. The van der Waals surface area contributed by atoms with E-state index in [0.717, 1.165) is 5.56 Å². The van der Waals surface area contributed by atoms with Gasteiger partial charge >= 0.3 is 18.7 Å². The van der Waals surface area contributed by atoms with E-state index in [0.29, 0.717) is 0 Å². The molecule has 1 fully saturated rings. The summed E-state index contributed by atoms with van der Waals surface area (Å²) in [6.45, 7) is 9.26. The summed E-state index contributed by atoms with van der Waals surface area (Å²) in [6, 6.07) is 6.44. The molecule has 0 atom stereocenters. The molecule has 5 nitrogen and oxygen atoms in total. The highest BCUT2D eigenvalue weighted by molar-refractivity contribution is 7.90. The van der Waals surface area contributed by atoms with E-state index in [1.165, 1.54) is 12.1 Å². The summed E-state index contributed by atoms with van der Waals surface area (Å²) in [6.07, 6.45) is 0. The molecule has 1 aromatic rings. The molecule has 0 aromatic heterocycles. The van der Waals surface area contributed by atoms with Gasteiger partial charge in [-0.1, -0.05) is 17.7 Å². The van der Waals surface area contributed by atoms with Crippen molar-refractivity contribution < 1.29 is 21.4 Å². The van der Waals surface area contributed by atoms with E-state index >= 15 is 0 Å². The first kappa shape index (κ1) is 15.9. The normalized spacial score (nSPS) is 22.1. The molecule has 0 amide bonds. The van der Waals surface area contributed by atoms with Gasteiger partial charge in [0.1, 0.15) is 11.2 Å². The molecule has 1 saturated heterocycles. The molecule has 112 valence electrons. The summed E-state index contributed by atoms with van der Waals surface area (Å²) in [7, 11) is -5.81. The lowest BCUT2D eigenvalue weighted by atomic mass is 9.90. The zero-order chi connectivity index (χ0) is 15.2. The Labute approximate surface area is 121 Å². The van der Waals surface area contributed by atoms with Crippen molar-refractivity contribution in [3.63, 3.8) is 0 Å². The summed E-state index contributed by atoms with van der Waals surface area (Å²) < 4.78 is 40.6. The fourth-order valence-electron chi connectivity index (χ4n) is 1.47. The predicted octanol–water partition coefficient (Wildman–Crippen LogP) is 3.53. The highest BCUT2D eigenvalue weighted by Gasteiger charge is 2.52. The molecule has 20 heavy (non-hydrogen) atoms. The van der Waals surface area contributed by atoms with Crippen molar-refractivity contribution in [2.75, 3.05) is 0 Å². The van der Waals surface area contributed by atoms with Crippen LogP contribution in [0.1, 0.15) is 33.3 Å². The second-order valence-electron chi connectivity index (χ2n) is 5.77. The van der Waals surface area contributed by atoms with Crippen molar-refractivity contribution >= 4 is 18.7 Å². The van der Waals surface area contributed by atoms with Crippen LogP contribution in [0, 0.1) is 6.92 Å². The average molecular weight is 318 g/mol. The van der Waals surface area contributed by atoms with Crippen molar-refractivity contribution in [1.29, 1.82) is 0 Å². The Bertz CT molecular complexity index is 576. The Morgan fingerprint density at radius 1 is 1.00 bits per heavy atom. The molecule has 0 bridgehead atoms. The first-order valence-electron chi connectivity index (χ1n) is 6.23. The van der Waals surface area contributed by atoms with Gasteiger partial charge in [-0.15, -0.1) is 0 Å². The molecule has 0 N–H and O–H groups in total. The molecule has 0 radical (unpaired) electrons. The van der Waals surface area contributed by atoms with E-state index in [4.69, 9.17) is 13.0 Å². The maximum absolute atomic E-state index is 12.2. The fourth-order valence-corrected chi connectivity index (χ4v) is 4.39. The van der Waals surface area contributed by atoms with Gasteiger partial charge < -0.3 is 9.05 Å². The predicted molar refractivity (Wildman–Crippen MR) is 76.7 cm³/mol. The molecule has 2 rings (SSSR count). The van der Waals surface area contributed by atoms with Crippen molar-refractivity contribution in [3.8, 4) is 0 Å². The molecule has 1 aliphatic rings. The van der Waals surface area contributed by atoms with E-state index in [-0.39, 0.29) is 4.90 Å². The summed E-state index contributed by atoms with van der Waals surface area (Å²) in [5.41, 5.74) is -0.242. The smallest absolute Gasteiger partial charge is 0.302 e. The van der Waals surface area contributed by atoms with Gasteiger partial charge in [0, 0.05) is 0 Å². The lowest BCUT2D eigenvalue weighted by Gasteiger charge is -2.29. The van der Waals surface area contributed by atoms with Gasteiger partial charge in [0.15, 0.2) is 0 Å². The van der Waals surface area contributed by atoms with Crippen LogP contribution in [0.3, 0.4) is 0 Å². The Balaban J connectivity index is 2.17. The summed E-state index contributed by atoms with van der Waals surface area (Å²) >= 11 is 0. The molecule has 0 unspecified atom stereocenters. The molecule has 0 saturated carbocycles. The third-order valence-electron chi connectivity index (χ3n) is 3.52. The molecule has 7 heteroatoms. The van der Waals surface area contributed by atoms with Gasteiger partial charge in [0.05, 0.1) is 4.90 Å². The third-order valence-corrected chi connectivity index (χ3v) is 6.86. The fraction of sp³-hybridized carbons (Fsp3) is 0.538. The van der Waals surface area contributed by atoms with Crippen LogP contribution in [0.5, 0.6) is 0 Å². The van der Waals surface area contributed by atoms with Gasteiger partial charge in [-0.3, -0.25) is 0 Å². The van der Waals surface area contributed by atoms with Gasteiger partial charge in [-0.2, -0.15) is 12.4 Å². The molecule has 0 spiro atoms. The van der Waals surface area contributed by atoms with E-state index in [1.54, 1.807) is 12.1 Å². The van der Waals surface area contributed by atoms with Crippen LogP contribution in [0.15, 0.2) is 29.2 Å².